The molecule has 0 aliphatic heterocycles. The molecule has 1 N–H and O–H groups in total. The fourth-order valence-electron chi connectivity index (χ4n) is 3.20. The molecular weight excluding hydrogens is 495 g/mol. The Morgan fingerprint density at radius 2 is 1.63 bits per heavy atom. The molecule has 2 amide bonds. The van der Waals surface area contributed by atoms with Gasteiger partial charge >= 0.3 is 10.2 Å². The van der Waals surface area contributed by atoms with Crippen LogP contribution in [0, 0.1) is 11.7 Å². The fraction of sp³-hybridized carbons (Fsp3) is 0.417. The van der Waals surface area contributed by atoms with E-state index in [1.165, 1.54) is 37.2 Å². The van der Waals surface area contributed by atoms with E-state index in [1.54, 1.807) is 31.2 Å². The molecule has 2 rings (SSSR count). The van der Waals surface area contributed by atoms with Crippen LogP contribution in [0.2, 0.25) is 5.02 Å². The zero-order valence-electron chi connectivity index (χ0n) is 20.5. The van der Waals surface area contributed by atoms with Crippen LogP contribution in [0.1, 0.15) is 26.3 Å². The normalized spacial score (nSPS) is 12.5. The maximum Gasteiger partial charge on any atom is 0.304 e. The molecule has 0 saturated heterocycles. The summed E-state index contributed by atoms with van der Waals surface area (Å²) in [6.45, 7) is 5.09. The van der Waals surface area contributed by atoms with Crippen molar-refractivity contribution in [3.8, 4) is 0 Å². The van der Waals surface area contributed by atoms with Gasteiger partial charge in [0.05, 0.1) is 5.69 Å². The summed E-state index contributed by atoms with van der Waals surface area (Å²) in [5.41, 5.74) is 0.308. The molecule has 0 heterocycles. The lowest BCUT2D eigenvalue weighted by molar-refractivity contribution is -0.139. The lowest BCUT2D eigenvalue weighted by Crippen LogP contribution is -2.52. The van der Waals surface area contributed by atoms with Gasteiger partial charge in [-0.25, -0.2) is 8.70 Å². The standard InChI is InChI=1S/C24H32ClFN4O4S/c1-17(2)14-27-24(32)18(3)29(15-19-10-6-7-11-20(19)25)23(31)16-30(35(33,34)28(4)5)22-13-9-8-12-21(22)26/h6-13,17-18H,14-16H2,1-5H3,(H,27,32). The molecule has 2 aromatic carbocycles. The van der Waals surface area contributed by atoms with Gasteiger partial charge in [0.25, 0.3) is 0 Å². The van der Waals surface area contributed by atoms with Crippen LogP contribution in [0.5, 0.6) is 0 Å². The summed E-state index contributed by atoms with van der Waals surface area (Å²) in [5.74, 6) is -1.69. The summed E-state index contributed by atoms with van der Waals surface area (Å²) in [6.07, 6.45) is 0. The summed E-state index contributed by atoms with van der Waals surface area (Å²) in [6, 6.07) is 11.2. The highest BCUT2D eigenvalue weighted by molar-refractivity contribution is 7.90. The van der Waals surface area contributed by atoms with E-state index in [2.05, 4.69) is 5.32 Å². The Bertz CT molecular complexity index is 1140. The van der Waals surface area contributed by atoms with Crippen molar-refractivity contribution in [2.75, 3.05) is 31.5 Å². The Balaban J connectivity index is 2.46. The molecule has 0 aliphatic rings. The Labute approximate surface area is 211 Å². The van der Waals surface area contributed by atoms with Crippen molar-refractivity contribution < 1.29 is 22.4 Å². The topological polar surface area (TPSA) is 90.0 Å². The van der Waals surface area contributed by atoms with E-state index in [0.29, 0.717) is 21.4 Å². The number of rotatable bonds is 11. The van der Waals surface area contributed by atoms with E-state index >= 15 is 0 Å². The summed E-state index contributed by atoms with van der Waals surface area (Å²) >= 11 is 6.30. The van der Waals surface area contributed by atoms with Crippen LogP contribution in [0.3, 0.4) is 0 Å². The van der Waals surface area contributed by atoms with Crippen molar-refractivity contribution in [3.63, 3.8) is 0 Å². The minimum absolute atomic E-state index is 0.0398. The van der Waals surface area contributed by atoms with Crippen molar-refractivity contribution in [1.29, 1.82) is 0 Å². The highest BCUT2D eigenvalue weighted by atomic mass is 35.5. The monoisotopic (exact) mass is 526 g/mol. The first kappa shape index (κ1) is 28.5. The Morgan fingerprint density at radius 1 is 1.03 bits per heavy atom. The number of carbonyl (C=O) groups excluding carboxylic acids is 2. The Morgan fingerprint density at radius 3 is 2.20 bits per heavy atom. The van der Waals surface area contributed by atoms with Crippen molar-refractivity contribution in [2.45, 2.75) is 33.4 Å². The number of halogens is 2. The van der Waals surface area contributed by atoms with E-state index in [4.69, 9.17) is 11.6 Å². The van der Waals surface area contributed by atoms with Crippen LogP contribution < -0.4 is 9.62 Å². The molecule has 2 aromatic rings. The molecule has 0 saturated carbocycles. The number of carbonyl (C=O) groups is 2. The minimum atomic E-state index is -4.24. The number of hydrogen-bond acceptors (Lipinski definition) is 4. The van der Waals surface area contributed by atoms with Gasteiger partial charge < -0.3 is 10.2 Å². The molecule has 11 heteroatoms. The summed E-state index contributed by atoms with van der Waals surface area (Å²) in [5, 5.41) is 3.19. The number of amides is 2. The van der Waals surface area contributed by atoms with Gasteiger partial charge in [0, 0.05) is 32.2 Å². The molecule has 8 nitrogen and oxygen atoms in total. The molecular formula is C24H32ClFN4O4S. The third kappa shape index (κ3) is 7.39. The molecule has 0 radical (unpaired) electrons. The Kier molecular flexibility index (Phi) is 10.1. The summed E-state index contributed by atoms with van der Waals surface area (Å²) in [7, 11) is -1.66. The number of para-hydroxylation sites is 1. The van der Waals surface area contributed by atoms with Gasteiger partial charge in [-0.2, -0.15) is 12.7 Å². The predicted molar refractivity (Wildman–Crippen MR) is 136 cm³/mol. The lowest BCUT2D eigenvalue weighted by Gasteiger charge is -2.33. The minimum Gasteiger partial charge on any atom is -0.354 e. The lowest BCUT2D eigenvalue weighted by atomic mass is 10.1. The predicted octanol–water partition coefficient (Wildman–Crippen LogP) is 3.28. The van der Waals surface area contributed by atoms with Crippen LogP contribution >= 0.6 is 11.6 Å². The highest BCUT2D eigenvalue weighted by Crippen LogP contribution is 2.24. The first-order valence-electron chi connectivity index (χ1n) is 11.1. The van der Waals surface area contributed by atoms with Crippen LogP contribution in [0.4, 0.5) is 10.1 Å². The second-order valence-corrected chi connectivity index (χ2v) is 11.2. The molecule has 0 aliphatic carbocycles. The average molecular weight is 527 g/mol. The van der Waals surface area contributed by atoms with Crippen molar-refractivity contribution in [1.82, 2.24) is 14.5 Å². The van der Waals surface area contributed by atoms with Crippen LogP contribution in [0.15, 0.2) is 48.5 Å². The van der Waals surface area contributed by atoms with E-state index in [0.717, 1.165) is 10.4 Å². The maximum atomic E-state index is 14.6. The van der Waals surface area contributed by atoms with E-state index in [-0.39, 0.29) is 18.2 Å². The second kappa shape index (κ2) is 12.3. The number of hydrogen-bond donors (Lipinski definition) is 1. The smallest absolute Gasteiger partial charge is 0.304 e. The highest BCUT2D eigenvalue weighted by Gasteiger charge is 2.33. The van der Waals surface area contributed by atoms with E-state index in [9.17, 15) is 22.4 Å². The number of nitrogens with one attached hydrogen (secondary N) is 1. The van der Waals surface area contributed by atoms with E-state index < -0.39 is 40.4 Å². The van der Waals surface area contributed by atoms with Gasteiger partial charge in [0.15, 0.2) is 0 Å². The van der Waals surface area contributed by atoms with Gasteiger partial charge in [-0.3, -0.25) is 9.59 Å². The molecule has 0 spiro atoms. The zero-order chi connectivity index (χ0) is 26.3. The third-order valence-electron chi connectivity index (χ3n) is 5.29. The van der Waals surface area contributed by atoms with Crippen molar-refractivity contribution in [3.05, 3.63) is 64.9 Å². The first-order chi connectivity index (χ1) is 16.4. The summed E-state index contributed by atoms with van der Waals surface area (Å²) < 4.78 is 42.3. The van der Waals surface area contributed by atoms with Crippen LogP contribution in [-0.4, -0.2) is 62.7 Å². The van der Waals surface area contributed by atoms with Gasteiger partial charge in [0.1, 0.15) is 18.4 Å². The molecule has 0 aromatic heterocycles. The summed E-state index contributed by atoms with van der Waals surface area (Å²) in [4.78, 5) is 27.7. The van der Waals surface area contributed by atoms with Gasteiger partial charge in [-0.05, 0) is 36.6 Å². The van der Waals surface area contributed by atoms with Gasteiger partial charge in [-0.15, -0.1) is 0 Å². The number of anilines is 1. The molecule has 192 valence electrons. The first-order valence-corrected chi connectivity index (χ1v) is 12.9. The van der Waals surface area contributed by atoms with Gasteiger partial charge in [0.2, 0.25) is 11.8 Å². The molecule has 1 unspecified atom stereocenters. The number of nitrogens with zero attached hydrogens (tertiary/aromatic N) is 3. The largest absolute Gasteiger partial charge is 0.354 e. The van der Waals surface area contributed by atoms with Crippen molar-refractivity contribution in [2.24, 2.45) is 5.92 Å². The SMILES string of the molecule is CC(C)CNC(=O)C(C)N(Cc1ccccc1Cl)C(=O)CN(c1ccccc1F)S(=O)(=O)N(C)C. The molecule has 1 atom stereocenters. The fourth-order valence-corrected chi connectivity index (χ4v) is 4.46. The molecule has 35 heavy (non-hydrogen) atoms. The second-order valence-electron chi connectivity index (χ2n) is 8.68. The quantitative estimate of drug-likeness (QED) is 0.486. The maximum absolute atomic E-state index is 14.6. The Hall–Kier alpha value is -2.69. The van der Waals surface area contributed by atoms with Gasteiger partial charge in [-0.1, -0.05) is 55.8 Å². The zero-order valence-corrected chi connectivity index (χ0v) is 22.1. The van der Waals surface area contributed by atoms with Crippen LogP contribution in [0.25, 0.3) is 0 Å². The molecule has 0 fully saturated rings. The number of benzene rings is 2. The van der Waals surface area contributed by atoms with Crippen molar-refractivity contribution >= 4 is 39.3 Å². The third-order valence-corrected chi connectivity index (χ3v) is 7.46. The van der Waals surface area contributed by atoms with E-state index in [1.807, 2.05) is 13.8 Å². The molecule has 0 bridgehead atoms. The van der Waals surface area contributed by atoms with Crippen LogP contribution in [-0.2, 0) is 26.3 Å². The average Bonchev–Trinajstić information content (AvgIpc) is 2.80.